The van der Waals surface area contributed by atoms with Crippen molar-refractivity contribution in [2.24, 2.45) is 5.73 Å². The smallest absolute Gasteiger partial charge is 0.0473 e. The fraction of sp³-hybridized carbons (Fsp3) is 0.688. The number of rotatable bonds is 5. The van der Waals surface area contributed by atoms with E-state index in [4.69, 9.17) is 5.73 Å². The van der Waals surface area contributed by atoms with Crippen LogP contribution in [-0.4, -0.2) is 52.5 Å². The number of nitrogens with zero attached hydrogens (tertiary/aromatic N) is 3. The molecule has 2 atom stereocenters. The molecule has 1 saturated heterocycles. The second kappa shape index (κ2) is 5.43. The number of likely N-dealkylation sites (N-methyl/N-ethyl adjacent to an activating group) is 1. The van der Waals surface area contributed by atoms with Gasteiger partial charge < -0.3 is 5.73 Å². The highest BCUT2D eigenvalue weighted by atomic mass is 15.3. The zero-order valence-corrected chi connectivity index (χ0v) is 12.6. The van der Waals surface area contributed by atoms with E-state index in [1.165, 1.54) is 24.8 Å². The predicted molar refractivity (Wildman–Crippen MR) is 81.3 cm³/mol. The summed E-state index contributed by atoms with van der Waals surface area (Å²) in [6.07, 6.45) is 7.66. The molecule has 4 nitrogen and oxygen atoms in total. The van der Waals surface area contributed by atoms with Gasteiger partial charge in [-0.05, 0) is 50.9 Å². The van der Waals surface area contributed by atoms with E-state index in [1.54, 1.807) is 0 Å². The molecule has 110 valence electrons. The molecule has 1 saturated carbocycles. The minimum absolute atomic E-state index is 0.130. The molecule has 3 rings (SSSR count). The van der Waals surface area contributed by atoms with Crippen LogP contribution in [0, 0.1) is 0 Å². The van der Waals surface area contributed by atoms with Crippen LogP contribution in [0.2, 0.25) is 0 Å². The van der Waals surface area contributed by atoms with Crippen molar-refractivity contribution >= 4 is 0 Å². The fourth-order valence-electron chi connectivity index (χ4n) is 3.63. The summed E-state index contributed by atoms with van der Waals surface area (Å²) in [7, 11) is 2.22. The zero-order valence-electron chi connectivity index (χ0n) is 12.6. The molecule has 0 bridgehead atoms. The van der Waals surface area contributed by atoms with E-state index in [0.717, 1.165) is 25.7 Å². The third-order valence-corrected chi connectivity index (χ3v) is 5.09. The van der Waals surface area contributed by atoms with Crippen molar-refractivity contribution in [1.82, 2.24) is 14.8 Å². The molecule has 1 aromatic rings. The summed E-state index contributed by atoms with van der Waals surface area (Å²) in [6.45, 7) is 5.17. The largest absolute Gasteiger partial charge is 0.329 e. The van der Waals surface area contributed by atoms with Crippen LogP contribution in [0.5, 0.6) is 0 Å². The van der Waals surface area contributed by atoms with Crippen molar-refractivity contribution in [3.63, 3.8) is 0 Å². The quantitative estimate of drug-likeness (QED) is 0.883. The maximum Gasteiger partial charge on any atom is 0.0473 e. The average molecular weight is 274 g/mol. The molecule has 2 unspecified atom stereocenters. The van der Waals surface area contributed by atoms with Crippen LogP contribution in [0.15, 0.2) is 24.5 Å². The average Bonchev–Trinajstić information content (AvgIpc) is 3.24. The molecule has 2 aliphatic rings. The summed E-state index contributed by atoms with van der Waals surface area (Å²) >= 11 is 0. The molecule has 20 heavy (non-hydrogen) atoms. The van der Waals surface area contributed by atoms with E-state index in [0.29, 0.717) is 6.04 Å². The van der Waals surface area contributed by atoms with Crippen molar-refractivity contribution < 1.29 is 0 Å². The monoisotopic (exact) mass is 274 g/mol. The fourth-order valence-corrected chi connectivity index (χ4v) is 3.63. The van der Waals surface area contributed by atoms with Crippen molar-refractivity contribution in [2.75, 3.05) is 20.1 Å². The van der Waals surface area contributed by atoms with Gasteiger partial charge in [-0.25, -0.2) is 0 Å². The molecule has 1 aliphatic carbocycles. The van der Waals surface area contributed by atoms with Gasteiger partial charge in [0, 0.05) is 49.7 Å². The topological polar surface area (TPSA) is 45.4 Å². The van der Waals surface area contributed by atoms with E-state index in [2.05, 4.69) is 40.9 Å². The lowest BCUT2D eigenvalue weighted by Gasteiger charge is -2.38. The highest BCUT2D eigenvalue weighted by Crippen LogP contribution is 2.39. The first-order valence-corrected chi connectivity index (χ1v) is 7.70. The second-order valence-electron chi connectivity index (χ2n) is 6.60. The molecule has 4 heteroatoms. The zero-order chi connectivity index (χ0) is 14.2. The van der Waals surface area contributed by atoms with E-state index >= 15 is 0 Å². The molecule has 2 heterocycles. The summed E-state index contributed by atoms with van der Waals surface area (Å²) in [6, 6.07) is 5.67. The third-order valence-electron chi connectivity index (χ3n) is 5.09. The Bertz CT molecular complexity index is 445. The second-order valence-corrected chi connectivity index (χ2v) is 6.60. The standard InChI is InChI=1S/C16H26N4/c1-13-9-16(11-17,12-20(13)15-3-4-15)19(2)10-14-5-7-18-8-6-14/h5-8,13,15H,3-4,9-12,17H2,1-2H3. The summed E-state index contributed by atoms with van der Waals surface area (Å²) in [5, 5.41) is 0. The van der Waals surface area contributed by atoms with Crippen molar-refractivity contribution in [2.45, 2.75) is 50.4 Å². The molecule has 0 amide bonds. The molecule has 1 aliphatic heterocycles. The van der Waals surface area contributed by atoms with E-state index < -0.39 is 0 Å². The van der Waals surface area contributed by atoms with Crippen LogP contribution in [0.3, 0.4) is 0 Å². The number of pyridine rings is 1. The summed E-state index contributed by atoms with van der Waals surface area (Å²) in [5.74, 6) is 0. The Labute approximate surface area is 122 Å². The van der Waals surface area contributed by atoms with Crippen molar-refractivity contribution in [1.29, 1.82) is 0 Å². The maximum atomic E-state index is 6.19. The Morgan fingerprint density at radius 2 is 2.10 bits per heavy atom. The lowest BCUT2D eigenvalue weighted by molar-refractivity contribution is 0.120. The number of hydrogen-bond acceptors (Lipinski definition) is 4. The van der Waals surface area contributed by atoms with Gasteiger partial charge in [0.1, 0.15) is 0 Å². The number of aromatic nitrogens is 1. The number of hydrogen-bond donors (Lipinski definition) is 1. The van der Waals surface area contributed by atoms with E-state index in [1.807, 2.05) is 12.4 Å². The van der Waals surface area contributed by atoms with Crippen molar-refractivity contribution in [3.05, 3.63) is 30.1 Å². The van der Waals surface area contributed by atoms with Crippen LogP contribution < -0.4 is 5.73 Å². The number of nitrogens with two attached hydrogens (primary N) is 1. The molecule has 2 N–H and O–H groups in total. The van der Waals surface area contributed by atoms with Crippen LogP contribution in [0.25, 0.3) is 0 Å². The Morgan fingerprint density at radius 3 is 2.70 bits per heavy atom. The highest BCUT2D eigenvalue weighted by molar-refractivity contribution is 5.12. The van der Waals surface area contributed by atoms with Crippen LogP contribution in [-0.2, 0) is 6.54 Å². The molecule has 0 aromatic carbocycles. The summed E-state index contributed by atoms with van der Waals surface area (Å²) in [5.41, 5.74) is 7.63. The SMILES string of the molecule is CC1CC(CN)(N(C)Cc2ccncc2)CN1C1CC1. The normalized spacial score (nSPS) is 31.1. The van der Waals surface area contributed by atoms with Gasteiger partial charge in [0.05, 0.1) is 0 Å². The van der Waals surface area contributed by atoms with Gasteiger partial charge in [-0.1, -0.05) is 0 Å². The first-order chi connectivity index (χ1) is 9.64. The minimum atomic E-state index is 0.130. The Hall–Kier alpha value is -0.970. The Kier molecular flexibility index (Phi) is 3.80. The third kappa shape index (κ3) is 2.60. The molecule has 0 radical (unpaired) electrons. The van der Waals surface area contributed by atoms with E-state index in [-0.39, 0.29) is 5.54 Å². The van der Waals surface area contributed by atoms with Gasteiger partial charge in [0.15, 0.2) is 0 Å². The Balaban J connectivity index is 1.72. The van der Waals surface area contributed by atoms with E-state index in [9.17, 15) is 0 Å². The number of likely N-dealkylation sites (tertiary alicyclic amines) is 1. The molecule has 1 aromatic heterocycles. The van der Waals surface area contributed by atoms with Crippen LogP contribution >= 0.6 is 0 Å². The molecular weight excluding hydrogens is 248 g/mol. The van der Waals surface area contributed by atoms with Crippen LogP contribution in [0.1, 0.15) is 31.7 Å². The Morgan fingerprint density at radius 1 is 1.40 bits per heavy atom. The molecular formula is C16H26N4. The van der Waals surface area contributed by atoms with Gasteiger partial charge in [-0.3, -0.25) is 14.8 Å². The van der Waals surface area contributed by atoms with Crippen molar-refractivity contribution in [3.8, 4) is 0 Å². The lowest BCUT2D eigenvalue weighted by Crippen LogP contribution is -2.53. The van der Waals surface area contributed by atoms with Gasteiger partial charge >= 0.3 is 0 Å². The lowest BCUT2D eigenvalue weighted by atomic mass is 9.94. The minimum Gasteiger partial charge on any atom is -0.329 e. The maximum absolute atomic E-state index is 6.19. The van der Waals surface area contributed by atoms with Gasteiger partial charge in [-0.15, -0.1) is 0 Å². The molecule has 0 spiro atoms. The van der Waals surface area contributed by atoms with Gasteiger partial charge in [0.25, 0.3) is 0 Å². The molecule has 2 fully saturated rings. The summed E-state index contributed by atoms with van der Waals surface area (Å²) in [4.78, 5) is 9.23. The predicted octanol–water partition coefficient (Wildman–Crippen LogP) is 1.47. The van der Waals surface area contributed by atoms with Gasteiger partial charge in [-0.2, -0.15) is 0 Å². The first kappa shape index (κ1) is 14.0. The summed E-state index contributed by atoms with van der Waals surface area (Å²) < 4.78 is 0. The van der Waals surface area contributed by atoms with Crippen LogP contribution in [0.4, 0.5) is 0 Å². The van der Waals surface area contributed by atoms with Gasteiger partial charge in [0.2, 0.25) is 0 Å². The first-order valence-electron chi connectivity index (χ1n) is 7.70. The highest BCUT2D eigenvalue weighted by Gasteiger charge is 2.48.